The molecule has 0 aliphatic rings. The van der Waals surface area contributed by atoms with E-state index < -0.39 is 0 Å². The molecule has 0 fully saturated rings. The Hall–Kier alpha value is -4.42. The normalized spacial score (nSPS) is 11.7. The maximum absolute atomic E-state index is 11.9. The van der Waals surface area contributed by atoms with E-state index in [2.05, 4.69) is 170 Å². The van der Waals surface area contributed by atoms with Crippen LogP contribution < -0.4 is 0 Å². The summed E-state index contributed by atoms with van der Waals surface area (Å²) in [6.07, 6.45) is 0. The fraction of sp³-hybridized carbons (Fsp3) is 0.255. The van der Waals surface area contributed by atoms with Gasteiger partial charge >= 0.3 is 0 Å². The predicted octanol–water partition coefficient (Wildman–Crippen LogP) is 12.3. The van der Waals surface area contributed by atoms with Crippen LogP contribution in [-0.2, 0) is 50.8 Å². The second-order valence-electron chi connectivity index (χ2n) is 15.9. The molecule has 0 amide bonds. The van der Waals surface area contributed by atoms with Gasteiger partial charge < -0.3 is 34.2 Å². The summed E-state index contributed by atoms with van der Waals surface area (Å²) < 4.78 is 4.37. The third-order valence-electron chi connectivity index (χ3n) is 10.1. The minimum atomic E-state index is -0.243. The number of hydrogen-bond donors (Lipinski definition) is 2. The minimum absolute atomic E-state index is 0. The summed E-state index contributed by atoms with van der Waals surface area (Å²) in [6.45, 7) is 17.0. The van der Waals surface area contributed by atoms with Crippen LogP contribution in [0.5, 0.6) is 11.5 Å². The van der Waals surface area contributed by atoms with E-state index in [0.717, 1.165) is 89.1 Å². The maximum Gasteiger partial charge on any atom is 0.128 e. The van der Waals surface area contributed by atoms with Crippen molar-refractivity contribution in [2.24, 2.45) is 14.1 Å². The molecule has 0 bridgehead atoms. The molecule has 7 aromatic rings. The Morgan fingerprint density at radius 1 is 0.528 bits per heavy atom. The van der Waals surface area contributed by atoms with Gasteiger partial charge in [0.1, 0.15) is 11.5 Å². The number of pyridine rings is 1. The van der Waals surface area contributed by atoms with Gasteiger partial charge in [-0.05, 0) is 72.2 Å². The number of aryl methyl sites for hydroxylation is 4. The van der Waals surface area contributed by atoms with Crippen LogP contribution in [0.4, 0.5) is 0 Å². The molecule has 4 aromatic carbocycles. The third-order valence-corrected chi connectivity index (χ3v) is 10.1. The van der Waals surface area contributed by atoms with Gasteiger partial charge in [-0.3, -0.25) is 0 Å². The molecule has 0 aliphatic carbocycles. The minimum Gasteiger partial charge on any atom is -0.507 e. The summed E-state index contributed by atoms with van der Waals surface area (Å²) in [6, 6.07) is 31.3. The van der Waals surface area contributed by atoms with E-state index in [9.17, 15) is 10.2 Å². The molecule has 7 rings (SSSR count). The zero-order valence-corrected chi connectivity index (χ0v) is 37.0. The number of benzene rings is 4. The average Bonchev–Trinajstić information content (AvgIpc) is 3.52. The van der Waals surface area contributed by atoms with Crippen molar-refractivity contribution in [3.05, 3.63) is 128 Å². The topological polar surface area (TPSA) is 63.2 Å². The van der Waals surface area contributed by atoms with Gasteiger partial charge in [0.2, 0.25) is 0 Å². The van der Waals surface area contributed by atoms with E-state index >= 15 is 0 Å². The molecule has 0 saturated heterocycles. The molecule has 6 heteroatoms. The van der Waals surface area contributed by atoms with Gasteiger partial charge in [-0.2, -0.15) is 0 Å². The average molecular weight is 870 g/mol. The van der Waals surface area contributed by atoms with Gasteiger partial charge in [0.05, 0.1) is 22.8 Å². The fourth-order valence-corrected chi connectivity index (χ4v) is 7.71. The van der Waals surface area contributed by atoms with Crippen molar-refractivity contribution in [1.82, 2.24) is 14.1 Å². The summed E-state index contributed by atoms with van der Waals surface area (Å²) in [5.74, 6) is 0.597. The van der Waals surface area contributed by atoms with E-state index in [4.69, 9.17) is 4.98 Å². The molecular formula is C47H53HfN3O2-2. The summed E-state index contributed by atoms with van der Waals surface area (Å²) in [4.78, 5) is 5.47. The van der Waals surface area contributed by atoms with Crippen molar-refractivity contribution in [2.75, 3.05) is 0 Å². The third kappa shape index (κ3) is 6.91. The Balaban J connectivity index is 0.00000209. The number of aromatic nitrogens is 3. The summed E-state index contributed by atoms with van der Waals surface area (Å²) in [5, 5.41) is 25.9. The molecule has 3 heterocycles. The van der Waals surface area contributed by atoms with Crippen LogP contribution in [-0.4, -0.2) is 24.3 Å². The van der Waals surface area contributed by atoms with Crippen LogP contribution in [0.2, 0.25) is 0 Å². The summed E-state index contributed by atoms with van der Waals surface area (Å²) >= 11 is 0. The van der Waals surface area contributed by atoms with Crippen molar-refractivity contribution in [1.29, 1.82) is 0 Å². The van der Waals surface area contributed by atoms with Crippen molar-refractivity contribution in [3.63, 3.8) is 0 Å². The molecule has 0 aliphatic heterocycles. The smallest absolute Gasteiger partial charge is 0.128 e. The number of para-hydroxylation sites is 2. The number of phenols is 2. The van der Waals surface area contributed by atoms with Crippen LogP contribution in [0, 0.1) is 28.7 Å². The first-order chi connectivity index (χ1) is 23.6. The number of phenolic OH excluding ortho intramolecular Hbond substituents is 2. The Morgan fingerprint density at radius 3 is 1.25 bits per heavy atom. The zero-order chi connectivity index (χ0) is 35.9. The Kier molecular flexibility index (Phi) is 11.5. The molecule has 0 spiro atoms. The molecule has 0 radical (unpaired) electrons. The van der Waals surface area contributed by atoms with Crippen molar-refractivity contribution in [2.45, 2.75) is 66.2 Å². The van der Waals surface area contributed by atoms with E-state index in [1.165, 1.54) is 0 Å². The quantitative estimate of drug-likeness (QED) is 0.137. The van der Waals surface area contributed by atoms with Crippen LogP contribution in [0.1, 0.15) is 63.8 Å². The van der Waals surface area contributed by atoms with E-state index in [-0.39, 0.29) is 51.5 Å². The van der Waals surface area contributed by atoms with Gasteiger partial charge in [-0.25, -0.2) is 4.98 Å². The van der Waals surface area contributed by atoms with Gasteiger partial charge in [0.15, 0.2) is 0 Å². The molecular weight excluding hydrogens is 817 g/mol. The molecule has 2 N–H and O–H groups in total. The van der Waals surface area contributed by atoms with Crippen molar-refractivity contribution in [3.8, 4) is 56.5 Å². The SMILES string of the molecule is Cc1cc(-c2c(-c3cccc(-c4c(-c5cc(C)cc(C(C)(C)C)c5O)n(C)c5ccccc45)n3)c3ccccc3n2C)c(O)c(C(C)(C)C)c1.[CH3-].[CH3-].[Hf]. The summed E-state index contributed by atoms with van der Waals surface area (Å²) in [7, 11) is 4.14. The number of aromatic hydroxyl groups is 2. The number of fused-ring (bicyclic) bond motifs is 2. The molecule has 53 heavy (non-hydrogen) atoms. The first-order valence-electron chi connectivity index (χ1n) is 17.4. The maximum atomic E-state index is 11.9. The standard InChI is InChI=1S/C45H47N3O2.2CH3.Hf/c1-26-22-30(42(49)32(24-26)44(3,4)5)40-38(28-16-11-13-20-36(28)47(40)9)34-18-15-19-35(46-34)39-29-17-12-14-21-37(29)48(10)41(39)31-23-27(2)25-33(43(31)50)45(6,7)8;;;/h11-25,49-50H,1-10H3;2*1H3;/q;2*-1;. The molecule has 0 unspecified atom stereocenters. The molecule has 5 nitrogen and oxygen atoms in total. The van der Waals surface area contributed by atoms with Crippen LogP contribution in [0.25, 0.3) is 66.8 Å². The van der Waals surface area contributed by atoms with Crippen LogP contribution in [0.15, 0.2) is 91.0 Å². The molecule has 3 aromatic heterocycles. The predicted molar refractivity (Wildman–Crippen MR) is 222 cm³/mol. The van der Waals surface area contributed by atoms with Gasteiger partial charge in [0, 0.05) is 95.1 Å². The van der Waals surface area contributed by atoms with Crippen LogP contribution in [0.3, 0.4) is 0 Å². The van der Waals surface area contributed by atoms with Crippen molar-refractivity contribution < 1.29 is 36.1 Å². The van der Waals surface area contributed by atoms with E-state index in [0.29, 0.717) is 11.5 Å². The Bertz CT molecular complexity index is 2300. The van der Waals surface area contributed by atoms with E-state index in [1.807, 2.05) is 0 Å². The van der Waals surface area contributed by atoms with Gasteiger partial charge in [-0.1, -0.05) is 96.1 Å². The largest absolute Gasteiger partial charge is 0.507 e. The second-order valence-corrected chi connectivity index (χ2v) is 15.9. The number of nitrogens with zero attached hydrogens (tertiary/aromatic N) is 3. The molecule has 0 saturated carbocycles. The summed E-state index contributed by atoms with van der Waals surface area (Å²) in [5.41, 5.74) is 12.7. The van der Waals surface area contributed by atoms with E-state index in [1.54, 1.807) is 0 Å². The zero-order valence-electron chi connectivity index (χ0n) is 33.4. The number of rotatable bonds is 4. The first-order valence-corrected chi connectivity index (χ1v) is 17.4. The number of hydrogen-bond acceptors (Lipinski definition) is 3. The molecule has 274 valence electrons. The first kappa shape index (κ1) is 41.3. The fourth-order valence-electron chi connectivity index (χ4n) is 7.71. The van der Waals surface area contributed by atoms with Crippen LogP contribution >= 0.6 is 0 Å². The van der Waals surface area contributed by atoms with Gasteiger partial charge in [-0.15, -0.1) is 0 Å². The monoisotopic (exact) mass is 871 g/mol. The van der Waals surface area contributed by atoms with Gasteiger partial charge in [0.25, 0.3) is 0 Å². The Labute approximate surface area is 335 Å². The molecule has 0 atom stereocenters. The second kappa shape index (κ2) is 14.8. The Morgan fingerprint density at radius 2 is 0.887 bits per heavy atom. The van der Waals surface area contributed by atoms with Crippen molar-refractivity contribution >= 4 is 21.8 Å².